The molecule has 7 heteroatoms. The van der Waals surface area contributed by atoms with Gasteiger partial charge in [0.05, 0.1) is 28.9 Å². The fraction of sp³-hybridized carbons (Fsp3) is 0.208. The Kier molecular flexibility index (Phi) is 4.78. The Labute approximate surface area is 179 Å². The molecule has 0 radical (unpaired) electrons. The number of benzene rings is 2. The van der Waals surface area contributed by atoms with Crippen LogP contribution in [0.15, 0.2) is 59.1 Å². The number of aryl methyl sites for hydroxylation is 2. The number of aromatic nitrogens is 2. The summed E-state index contributed by atoms with van der Waals surface area (Å²) < 4.78 is 17.0. The van der Waals surface area contributed by atoms with Crippen molar-refractivity contribution in [1.82, 2.24) is 15.5 Å². The van der Waals surface area contributed by atoms with E-state index in [1.54, 1.807) is 13.0 Å². The highest BCUT2D eigenvalue weighted by atomic mass is 16.6. The second-order valence-corrected chi connectivity index (χ2v) is 7.58. The van der Waals surface area contributed by atoms with Crippen molar-refractivity contribution < 1.29 is 18.8 Å². The molecule has 156 valence electrons. The minimum atomic E-state index is -0.281. The average Bonchev–Trinajstić information content (AvgIpc) is 3.18. The summed E-state index contributed by atoms with van der Waals surface area (Å²) in [7, 11) is 0. The molecule has 5 rings (SSSR count). The SMILES string of the molecule is Cc1ccc(-c2cc(C(=O)NCC3COc4ccccc4O3)c3c(C)noc3n2)cc1. The number of nitrogens with one attached hydrogen (secondary N) is 1. The molecule has 2 aromatic heterocycles. The smallest absolute Gasteiger partial charge is 0.259 e. The van der Waals surface area contributed by atoms with E-state index in [1.165, 1.54) is 0 Å². The van der Waals surface area contributed by atoms with E-state index in [2.05, 4.69) is 15.5 Å². The van der Waals surface area contributed by atoms with Crippen molar-refractivity contribution in [3.05, 3.63) is 71.4 Å². The van der Waals surface area contributed by atoms with Crippen LogP contribution in [0.2, 0.25) is 0 Å². The van der Waals surface area contributed by atoms with Crippen LogP contribution in [0.5, 0.6) is 11.5 Å². The van der Waals surface area contributed by atoms with Crippen LogP contribution in [0.25, 0.3) is 22.4 Å². The van der Waals surface area contributed by atoms with E-state index in [-0.39, 0.29) is 12.0 Å². The lowest BCUT2D eigenvalue weighted by molar-refractivity contribution is 0.0790. The Bertz CT molecular complexity index is 1260. The average molecular weight is 415 g/mol. The summed E-state index contributed by atoms with van der Waals surface area (Å²) in [6, 6.07) is 17.2. The minimum Gasteiger partial charge on any atom is -0.486 e. The van der Waals surface area contributed by atoms with Crippen LogP contribution >= 0.6 is 0 Å². The molecule has 7 nitrogen and oxygen atoms in total. The molecule has 0 fully saturated rings. The van der Waals surface area contributed by atoms with Crippen molar-refractivity contribution in [3.63, 3.8) is 0 Å². The van der Waals surface area contributed by atoms with E-state index in [0.29, 0.717) is 52.7 Å². The number of carbonyl (C=O) groups is 1. The zero-order valence-corrected chi connectivity index (χ0v) is 17.2. The van der Waals surface area contributed by atoms with Crippen LogP contribution < -0.4 is 14.8 Å². The predicted octanol–water partition coefficient (Wildman–Crippen LogP) is 4.08. The number of fused-ring (bicyclic) bond motifs is 2. The normalized spacial score (nSPS) is 15.1. The molecule has 1 N–H and O–H groups in total. The van der Waals surface area contributed by atoms with Gasteiger partial charge in [0.15, 0.2) is 11.5 Å². The summed E-state index contributed by atoms with van der Waals surface area (Å²) in [4.78, 5) is 17.7. The molecule has 1 amide bonds. The van der Waals surface area contributed by atoms with Crippen molar-refractivity contribution in [2.24, 2.45) is 0 Å². The molecule has 0 saturated heterocycles. The molecular weight excluding hydrogens is 394 g/mol. The van der Waals surface area contributed by atoms with Gasteiger partial charge in [-0.3, -0.25) is 4.79 Å². The maximum atomic E-state index is 13.1. The monoisotopic (exact) mass is 415 g/mol. The van der Waals surface area contributed by atoms with Crippen molar-refractivity contribution >= 4 is 17.0 Å². The van der Waals surface area contributed by atoms with Crippen molar-refractivity contribution in [2.75, 3.05) is 13.2 Å². The molecule has 2 aromatic carbocycles. The highest BCUT2D eigenvalue weighted by molar-refractivity contribution is 6.07. The number of rotatable bonds is 4. The zero-order valence-electron chi connectivity index (χ0n) is 17.2. The Morgan fingerprint density at radius 1 is 1.10 bits per heavy atom. The summed E-state index contributed by atoms with van der Waals surface area (Å²) >= 11 is 0. The molecule has 0 bridgehead atoms. The van der Waals surface area contributed by atoms with Crippen molar-refractivity contribution in [2.45, 2.75) is 20.0 Å². The van der Waals surface area contributed by atoms with Crippen LogP contribution in [-0.4, -0.2) is 35.3 Å². The van der Waals surface area contributed by atoms with Gasteiger partial charge >= 0.3 is 0 Å². The first-order valence-corrected chi connectivity index (χ1v) is 10.1. The fourth-order valence-corrected chi connectivity index (χ4v) is 3.61. The van der Waals surface area contributed by atoms with Crippen LogP contribution in [-0.2, 0) is 0 Å². The molecule has 3 heterocycles. The first-order valence-electron chi connectivity index (χ1n) is 10.1. The number of hydrogen-bond acceptors (Lipinski definition) is 6. The standard InChI is InChI=1S/C24H21N3O4/c1-14-7-9-16(10-8-14)19-11-18(22-15(2)27-31-24(22)26-19)23(28)25-12-17-13-29-20-5-3-4-6-21(20)30-17/h3-11,17H,12-13H2,1-2H3,(H,25,28). The largest absolute Gasteiger partial charge is 0.486 e. The zero-order chi connectivity index (χ0) is 21.4. The molecule has 0 spiro atoms. The lowest BCUT2D eigenvalue weighted by Gasteiger charge is -2.26. The topological polar surface area (TPSA) is 86.5 Å². The van der Waals surface area contributed by atoms with Gasteiger partial charge in [-0.15, -0.1) is 0 Å². The number of para-hydroxylation sites is 2. The number of pyridine rings is 1. The van der Waals surface area contributed by atoms with Gasteiger partial charge in [-0.2, -0.15) is 0 Å². The molecule has 1 aliphatic heterocycles. The first kappa shape index (κ1) is 19.1. The van der Waals surface area contributed by atoms with Gasteiger partial charge in [0.1, 0.15) is 12.7 Å². The number of nitrogens with zero attached hydrogens (tertiary/aromatic N) is 2. The van der Waals surface area contributed by atoms with E-state index >= 15 is 0 Å². The van der Waals surface area contributed by atoms with Gasteiger partial charge in [0.2, 0.25) is 0 Å². The van der Waals surface area contributed by atoms with Crippen LogP contribution in [0.4, 0.5) is 0 Å². The molecule has 1 atom stereocenters. The fourth-order valence-electron chi connectivity index (χ4n) is 3.61. The van der Waals surface area contributed by atoms with E-state index in [1.807, 2.05) is 55.5 Å². The van der Waals surface area contributed by atoms with Crippen LogP contribution in [0, 0.1) is 13.8 Å². The van der Waals surface area contributed by atoms with Gasteiger partial charge < -0.3 is 19.3 Å². The molecule has 0 saturated carbocycles. The Hall–Kier alpha value is -3.87. The molecule has 4 aromatic rings. The maximum Gasteiger partial charge on any atom is 0.259 e. The quantitative estimate of drug-likeness (QED) is 0.541. The maximum absolute atomic E-state index is 13.1. The second-order valence-electron chi connectivity index (χ2n) is 7.58. The highest BCUT2D eigenvalue weighted by Crippen LogP contribution is 2.31. The van der Waals surface area contributed by atoms with E-state index in [4.69, 9.17) is 14.0 Å². The van der Waals surface area contributed by atoms with Crippen molar-refractivity contribution in [1.29, 1.82) is 0 Å². The van der Waals surface area contributed by atoms with Gasteiger partial charge in [0, 0.05) is 5.56 Å². The minimum absolute atomic E-state index is 0.241. The highest BCUT2D eigenvalue weighted by Gasteiger charge is 2.23. The van der Waals surface area contributed by atoms with Crippen molar-refractivity contribution in [3.8, 4) is 22.8 Å². The number of ether oxygens (including phenoxy) is 2. The summed E-state index contributed by atoms with van der Waals surface area (Å²) in [6.07, 6.45) is -0.281. The van der Waals surface area contributed by atoms with Gasteiger partial charge in [-0.25, -0.2) is 4.98 Å². The molecule has 1 unspecified atom stereocenters. The Morgan fingerprint density at radius 2 is 1.87 bits per heavy atom. The Balaban J connectivity index is 1.40. The third-order valence-corrected chi connectivity index (χ3v) is 5.27. The molecular formula is C24H21N3O4. The molecule has 31 heavy (non-hydrogen) atoms. The van der Waals surface area contributed by atoms with Gasteiger partial charge in [-0.05, 0) is 32.0 Å². The van der Waals surface area contributed by atoms with Crippen LogP contribution in [0.3, 0.4) is 0 Å². The lowest BCUT2D eigenvalue weighted by Crippen LogP contribution is -2.40. The van der Waals surface area contributed by atoms with E-state index in [9.17, 15) is 4.79 Å². The van der Waals surface area contributed by atoms with Crippen LogP contribution in [0.1, 0.15) is 21.6 Å². The number of carbonyl (C=O) groups excluding carboxylic acids is 1. The summed E-state index contributed by atoms with van der Waals surface area (Å²) in [6.45, 7) is 4.49. The Morgan fingerprint density at radius 3 is 2.68 bits per heavy atom. The molecule has 0 aliphatic carbocycles. The number of amides is 1. The summed E-state index contributed by atoms with van der Waals surface area (Å²) in [5.74, 6) is 1.15. The molecule has 1 aliphatic rings. The second kappa shape index (κ2) is 7.75. The number of hydrogen-bond donors (Lipinski definition) is 1. The predicted molar refractivity (Wildman–Crippen MR) is 115 cm³/mol. The van der Waals surface area contributed by atoms with Gasteiger partial charge in [-0.1, -0.05) is 47.1 Å². The van der Waals surface area contributed by atoms with E-state index < -0.39 is 0 Å². The van der Waals surface area contributed by atoms with E-state index in [0.717, 1.165) is 11.1 Å². The third-order valence-electron chi connectivity index (χ3n) is 5.27. The lowest BCUT2D eigenvalue weighted by atomic mass is 10.0. The summed E-state index contributed by atoms with van der Waals surface area (Å²) in [5, 5.41) is 7.57. The first-order chi connectivity index (χ1) is 15.1. The third kappa shape index (κ3) is 3.70. The van der Waals surface area contributed by atoms with Gasteiger partial charge in [0.25, 0.3) is 11.6 Å². The summed E-state index contributed by atoms with van der Waals surface area (Å²) in [5.41, 5.74) is 4.13.